The Hall–Kier alpha value is -3.55. The van der Waals surface area contributed by atoms with Crippen LogP contribution in [0.25, 0.3) is 23.1 Å². The van der Waals surface area contributed by atoms with Crippen molar-refractivity contribution in [2.75, 3.05) is 5.32 Å². The van der Waals surface area contributed by atoms with Gasteiger partial charge in [0.2, 0.25) is 0 Å². The third-order valence-corrected chi connectivity index (χ3v) is 5.30. The lowest BCUT2D eigenvalue weighted by molar-refractivity contribution is 1.18. The van der Waals surface area contributed by atoms with Crippen LogP contribution in [0.5, 0.6) is 0 Å². The number of aromatic amines is 1. The number of halogens is 1. The first-order valence-electron chi connectivity index (χ1n) is 9.24. The number of fused-ring (bicyclic) bond motifs is 1. The van der Waals surface area contributed by atoms with Crippen LogP contribution < -0.4 is 5.32 Å². The number of nitriles is 1. The van der Waals surface area contributed by atoms with Crippen LogP contribution in [-0.2, 0) is 0 Å². The molecule has 4 rings (SSSR count). The van der Waals surface area contributed by atoms with Gasteiger partial charge >= 0.3 is 0 Å². The van der Waals surface area contributed by atoms with E-state index in [4.69, 9.17) is 11.6 Å². The maximum Gasteiger partial charge on any atom is 0.103 e. The Labute approximate surface area is 174 Å². The van der Waals surface area contributed by atoms with E-state index in [0.717, 1.165) is 44.7 Å². The highest BCUT2D eigenvalue weighted by Crippen LogP contribution is 2.35. The normalized spacial score (nSPS) is 11.1. The summed E-state index contributed by atoms with van der Waals surface area (Å²) in [6.07, 6.45) is 7.49. The second-order valence-electron chi connectivity index (χ2n) is 6.82. The molecule has 0 spiro atoms. The number of aromatic nitrogens is 2. The van der Waals surface area contributed by atoms with Crippen molar-refractivity contribution >= 4 is 46.0 Å². The highest BCUT2D eigenvalue weighted by atomic mass is 35.5. The van der Waals surface area contributed by atoms with E-state index in [1.165, 1.54) is 0 Å². The van der Waals surface area contributed by atoms with Gasteiger partial charge < -0.3 is 10.3 Å². The molecule has 0 atom stereocenters. The van der Waals surface area contributed by atoms with Crippen LogP contribution in [0.15, 0.2) is 54.9 Å². The summed E-state index contributed by atoms with van der Waals surface area (Å²) < 4.78 is 0. The van der Waals surface area contributed by atoms with Crippen LogP contribution in [0.3, 0.4) is 0 Å². The first kappa shape index (κ1) is 18.8. The number of hydrogen-bond donors (Lipinski definition) is 2. The number of hydrogen-bond acceptors (Lipinski definition) is 3. The number of anilines is 2. The number of benzene rings is 2. The smallest absolute Gasteiger partial charge is 0.103 e. The van der Waals surface area contributed by atoms with E-state index in [2.05, 4.69) is 21.4 Å². The summed E-state index contributed by atoms with van der Waals surface area (Å²) in [6.45, 7) is 3.97. The van der Waals surface area contributed by atoms with Gasteiger partial charge in [0.15, 0.2) is 0 Å². The fraction of sp³-hybridized carbons (Fsp3) is 0.0833. The van der Waals surface area contributed by atoms with Gasteiger partial charge in [-0.2, -0.15) is 5.26 Å². The molecule has 0 unspecified atom stereocenters. The van der Waals surface area contributed by atoms with Crippen LogP contribution in [0.4, 0.5) is 11.4 Å². The van der Waals surface area contributed by atoms with Gasteiger partial charge in [-0.25, -0.2) is 0 Å². The average Bonchev–Trinajstić information content (AvgIpc) is 3.23. The second kappa shape index (κ2) is 7.83. The molecule has 0 fully saturated rings. The van der Waals surface area contributed by atoms with Gasteiger partial charge in [-0.3, -0.25) is 4.98 Å². The summed E-state index contributed by atoms with van der Waals surface area (Å²) in [5, 5.41) is 14.8. The van der Waals surface area contributed by atoms with Gasteiger partial charge in [0.05, 0.1) is 21.8 Å². The molecule has 29 heavy (non-hydrogen) atoms. The van der Waals surface area contributed by atoms with Gasteiger partial charge in [-0.15, -0.1) is 0 Å². The lowest BCUT2D eigenvalue weighted by Gasteiger charge is -2.16. The monoisotopic (exact) mass is 398 g/mol. The van der Waals surface area contributed by atoms with Crippen molar-refractivity contribution < 1.29 is 0 Å². The maximum absolute atomic E-state index is 9.67. The Morgan fingerprint density at radius 2 is 1.93 bits per heavy atom. The molecule has 142 valence electrons. The maximum atomic E-state index is 9.67. The second-order valence-corrected chi connectivity index (χ2v) is 7.23. The molecule has 4 nitrogen and oxygen atoms in total. The summed E-state index contributed by atoms with van der Waals surface area (Å²) in [6, 6.07) is 16.2. The van der Waals surface area contributed by atoms with E-state index >= 15 is 0 Å². The van der Waals surface area contributed by atoms with Crippen LogP contribution in [0.2, 0.25) is 5.02 Å². The zero-order valence-electron chi connectivity index (χ0n) is 16.1. The Bertz CT molecular complexity index is 1260. The zero-order valence-corrected chi connectivity index (χ0v) is 16.9. The number of H-pyrrole nitrogens is 1. The SMILES string of the molecule is Cc1ncc(C#N)c(Nc2cc(Cl)c3[nH]ccc3c2C)c1C=Cc1ccccc1. The minimum Gasteiger partial charge on any atom is -0.360 e. The van der Waals surface area contributed by atoms with Crippen LogP contribution in [0, 0.1) is 25.2 Å². The molecule has 0 aliphatic rings. The minimum atomic E-state index is 0.480. The quantitative estimate of drug-likeness (QED) is 0.406. The van der Waals surface area contributed by atoms with Gasteiger partial charge in [0.25, 0.3) is 0 Å². The van der Waals surface area contributed by atoms with E-state index < -0.39 is 0 Å². The Morgan fingerprint density at radius 3 is 2.69 bits per heavy atom. The van der Waals surface area contributed by atoms with Crippen molar-refractivity contribution in [3.63, 3.8) is 0 Å². The van der Waals surface area contributed by atoms with Gasteiger partial charge in [-0.05, 0) is 37.1 Å². The number of rotatable bonds is 4. The lowest BCUT2D eigenvalue weighted by atomic mass is 10.0. The van der Waals surface area contributed by atoms with Gasteiger partial charge in [0.1, 0.15) is 6.07 Å². The molecular formula is C24H19ClN4. The van der Waals surface area contributed by atoms with Crippen molar-refractivity contribution in [3.05, 3.63) is 87.8 Å². The van der Waals surface area contributed by atoms with Gasteiger partial charge in [0, 0.05) is 34.7 Å². The van der Waals surface area contributed by atoms with Crippen molar-refractivity contribution in [1.29, 1.82) is 5.26 Å². The Kier molecular flexibility index (Phi) is 5.07. The van der Waals surface area contributed by atoms with Crippen molar-refractivity contribution in [3.8, 4) is 6.07 Å². The molecule has 2 N–H and O–H groups in total. The fourth-order valence-electron chi connectivity index (χ4n) is 3.38. The van der Waals surface area contributed by atoms with Gasteiger partial charge in [-0.1, -0.05) is 54.1 Å². The van der Waals surface area contributed by atoms with E-state index in [1.807, 2.05) is 74.7 Å². The summed E-state index contributed by atoms with van der Waals surface area (Å²) in [7, 11) is 0. The molecule has 0 aliphatic carbocycles. The lowest BCUT2D eigenvalue weighted by Crippen LogP contribution is -2.02. The molecular weight excluding hydrogens is 380 g/mol. The van der Waals surface area contributed by atoms with E-state index in [0.29, 0.717) is 10.6 Å². The Morgan fingerprint density at radius 1 is 1.14 bits per heavy atom. The highest BCUT2D eigenvalue weighted by Gasteiger charge is 2.15. The molecule has 0 radical (unpaired) electrons. The number of pyridine rings is 1. The molecule has 2 aromatic carbocycles. The molecule has 0 saturated heterocycles. The number of nitrogens with one attached hydrogen (secondary N) is 2. The molecule has 0 saturated carbocycles. The molecule has 0 amide bonds. The molecule has 0 aliphatic heterocycles. The van der Waals surface area contributed by atoms with Crippen molar-refractivity contribution in [1.82, 2.24) is 9.97 Å². The van der Waals surface area contributed by atoms with Crippen LogP contribution in [-0.4, -0.2) is 9.97 Å². The zero-order chi connectivity index (χ0) is 20.4. The summed E-state index contributed by atoms with van der Waals surface area (Å²) in [4.78, 5) is 7.57. The third kappa shape index (κ3) is 3.61. The number of aryl methyl sites for hydroxylation is 2. The van der Waals surface area contributed by atoms with Crippen molar-refractivity contribution in [2.24, 2.45) is 0 Å². The fourth-order valence-corrected chi connectivity index (χ4v) is 3.65. The van der Waals surface area contributed by atoms with Crippen LogP contribution in [0.1, 0.15) is 27.9 Å². The largest absolute Gasteiger partial charge is 0.360 e. The predicted molar refractivity (Wildman–Crippen MR) is 120 cm³/mol. The van der Waals surface area contributed by atoms with Crippen LogP contribution >= 0.6 is 11.6 Å². The molecule has 4 aromatic rings. The summed E-state index contributed by atoms with van der Waals surface area (Å²) in [5.74, 6) is 0. The third-order valence-electron chi connectivity index (χ3n) is 5.00. The van der Waals surface area contributed by atoms with E-state index in [1.54, 1.807) is 6.20 Å². The molecule has 2 heterocycles. The van der Waals surface area contributed by atoms with E-state index in [-0.39, 0.29) is 0 Å². The summed E-state index contributed by atoms with van der Waals surface area (Å²) in [5.41, 5.74) is 6.82. The number of nitrogens with zero attached hydrogens (tertiary/aromatic N) is 2. The standard InChI is InChI=1S/C24H19ClN4/c1-15-19-10-11-27-24(19)21(25)12-22(15)29-23-18(13-26)14-28-16(2)20(23)9-8-17-6-4-3-5-7-17/h3-12,14,27H,1-2H3,(H,28,29). The highest BCUT2D eigenvalue weighted by molar-refractivity contribution is 6.35. The first-order chi connectivity index (χ1) is 14.1. The molecule has 2 aromatic heterocycles. The molecule has 0 bridgehead atoms. The average molecular weight is 399 g/mol. The molecule has 5 heteroatoms. The predicted octanol–water partition coefficient (Wildman–Crippen LogP) is 6.62. The topological polar surface area (TPSA) is 64.5 Å². The minimum absolute atomic E-state index is 0.480. The first-order valence-corrected chi connectivity index (χ1v) is 9.62. The summed E-state index contributed by atoms with van der Waals surface area (Å²) >= 11 is 6.47. The van der Waals surface area contributed by atoms with Crippen molar-refractivity contribution in [2.45, 2.75) is 13.8 Å². The van der Waals surface area contributed by atoms with E-state index in [9.17, 15) is 5.26 Å². The Balaban J connectivity index is 1.83.